The number of nitrogens with two attached hydrogens (primary N) is 1. The van der Waals surface area contributed by atoms with Crippen LogP contribution < -0.4 is 11.1 Å². The zero-order valence-corrected chi connectivity index (χ0v) is 15.5. The number of hydrogen-bond acceptors (Lipinski definition) is 4. The second-order valence-corrected chi connectivity index (χ2v) is 7.65. The Hall–Kier alpha value is -2.21. The molecule has 1 aromatic rings. The van der Waals surface area contributed by atoms with Gasteiger partial charge in [-0.3, -0.25) is 14.4 Å². The van der Waals surface area contributed by atoms with Crippen molar-refractivity contribution in [2.24, 2.45) is 17.6 Å². The number of likely N-dealkylation sites (tertiary alicyclic amines) is 1. The molecule has 0 saturated carbocycles. The molecule has 2 heterocycles. The van der Waals surface area contributed by atoms with Gasteiger partial charge in [0.1, 0.15) is 0 Å². The molecule has 1 fully saturated rings. The van der Waals surface area contributed by atoms with Gasteiger partial charge in [-0.05, 0) is 43.2 Å². The number of hydrogen-bond donors (Lipinski definition) is 2. The van der Waals surface area contributed by atoms with E-state index in [1.54, 1.807) is 13.0 Å². The molecule has 6 heteroatoms. The lowest BCUT2D eigenvalue weighted by Crippen LogP contribution is -2.46. The van der Waals surface area contributed by atoms with Gasteiger partial charge >= 0.3 is 0 Å². The van der Waals surface area contributed by atoms with Gasteiger partial charge in [-0.1, -0.05) is 19.1 Å². The molecule has 0 aromatic heterocycles. The first-order valence-corrected chi connectivity index (χ1v) is 9.35. The molecule has 140 valence electrons. The topological polar surface area (TPSA) is 92.5 Å². The van der Waals surface area contributed by atoms with Gasteiger partial charge in [-0.25, -0.2) is 0 Å². The van der Waals surface area contributed by atoms with Gasteiger partial charge in [0.25, 0.3) is 0 Å². The molecule has 1 unspecified atom stereocenters. The van der Waals surface area contributed by atoms with Crippen molar-refractivity contribution in [2.45, 2.75) is 45.6 Å². The Morgan fingerprint density at radius 2 is 1.96 bits per heavy atom. The number of nitrogens with one attached hydrogen (secondary N) is 1. The Kier molecular flexibility index (Phi) is 5.41. The van der Waals surface area contributed by atoms with E-state index < -0.39 is 6.04 Å². The van der Waals surface area contributed by atoms with E-state index in [2.05, 4.69) is 12.2 Å². The maximum Gasteiger partial charge on any atom is 0.239 e. The van der Waals surface area contributed by atoms with Crippen molar-refractivity contribution >= 4 is 23.3 Å². The van der Waals surface area contributed by atoms with Gasteiger partial charge in [0.15, 0.2) is 5.78 Å². The molecule has 3 rings (SSSR count). The molecular formula is C20H27N3O3. The molecule has 2 aliphatic heterocycles. The van der Waals surface area contributed by atoms with Crippen molar-refractivity contribution in [3.63, 3.8) is 0 Å². The molecule has 2 atom stereocenters. The van der Waals surface area contributed by atoms with E-state index >= 15 is 0 Å². The molecule has 2 aliphatic rings. The minimum atomic E-state index is -0.453. The Morgan fingerprint density at radius 3 is 2.62 bits per heavy atom. The lowest BCUT2D eigenvalue weighted by Gasteiger charge is -2.35. The first-order chi connectivity index (χ1) is 12.3. The number of anilines is 1. The van der Waals surface area contributed by atoms with Crippen LogP contribution in [0.5, 0.6) is 0 Å². The Bertz CT molecular complexity index is 721. The number of fused-ring (bicyclic) bond motifs is 1. The summed E-state index contributed by atoms with van der Waals surface area (Å²) in [7, 11) is 0. The van der Waals surface area contributed by atoms with Crippen LogP contribution in [0.2, 0.25) is 0 Å². The van der Waals surface area contributed by atoms with Crippen LogP contribution in [0.15, 0.2) is 18.2 Å². The summed E-state index contributed by atoms with van der Waals surface area (Å²) < 4.78 is 0. The number of nitrogens with zero attached hydrogens (tertiary/aromatic N) is 1. The predicted octanol–water partition coefficient (Wildman–Crippen LogP) is 1.98. The van der Waals surface area contributed by atoms with Crippen LogP contribution in [-0.2, 0) is 16.0 Å². The van der Waals surface area contributed by atoms with Gasteiger partial charge in [-0.2, -0.15) is 0 Å². The van der Waals surface area contributed by atoms with Crippen LogP contribution in [0.25, 0.3) is 0 Å². The Labute approximate surface area is 154 Å². The lowest BCUT2D eigenvalue weighted by atomic mass is 9.81. The third-order valence-corrected chi connectivity index (χ3v) is 5.61. The number of carbonyl (C=O) groups is 3. The summed E-state index contributed by atoms with van der Waals surface area (Å²) in [6.07, 6.45) is 2.69. The van der Waals surface area contributed by atoms with E-state index in [0.717, 1.165) is 24.1 Å². The molecule has 0 radical (unpaired) electrons. The van der Waals surface area contributed by atoms with Gasteiger partial charge in [0.05, 0.1) is 12.5 Å². The van der Waals surface area contributed by atoms with E-state index in [1.165, 1.54) is 0 Å². The fourth-order valence-corrected chi connectivity index (χ4v) is 3.94. The number of rotatable bonds is 5. The van der Waals surface area contributed by atoms with Crippen LogP contribution in [-0.4, -0.2) is 41.6 Å². The highest BCUT2D eigenvalue weighted by Crippen LogP contribution is 2.30. The maximum atomic E-state index is 12.6. The molecule has 0 spiro atoms. The quantitative estimate of drug-likeness (QED) is 0.788. The standard InChI is InChI=1S/C20H27N3O3/c1-12(14-5-7-23(8-6-14)20(26)13(2)21)9-18(24)16-4-3-15-11-19(25)22-17(15)10-16/h3-4,10,12-14H,5-9,11,21H2,1-2H3,(H,22,25)/t12?,13-/m0/s1. The normalized spacial score (nSPS) is 19.7. The smallest absolute Gasteiger partial charge is 0.239 e. The van der Waals surface area contributed by atoms with Crippen molar-refractivity contribution in [3.8, 4) is 0 Å². The summed E-state index contributed by atoms with van der Waals surface area (Å²) >= 11 is 0. The number of benzene rings is 1. The third kappa shape index (κ3) is 3.96. The highest BCUT2D eigenvalue weighted by Gasteiger charge is 2.29. The zero-order chi connectivity index (χ0) is 18.8. The molecule has 3 N–H and O–H groups in total. The summed E-state index contributed by atoms with van der Waals surface area (Å²) in [5.41, 5.74) is 8.04. The SMILES string of the molecule is CC(CC(=O)c1ccc2c(c1)NC(=O)C2)C1CCN(C(=O)[C@H](C)N)CC1. The molecule has 6 nitrogen and oxygen atoms in total. The highest BCUT2D eigenvalue weighted by atomic mass is 16.2. The number of piperidine rings is 1. The molecular weight excluding hydrogens is 330 g/mol. The second kappa shape index (κ2) is 7.58. The largest absolute Gasteiger partial charge is 0.341 e. The average molecular weight is 357 g/mol. The highest BCUT2D eigenvalue weighted by molar-refractivity contribution is 6.02. The van der Waals surface area contributed by atoms with Crippen LogP contribution in [0.4, 0.5) is 5.69 Å². The Balaban J connectivity index is 1.55. The second-order valence-electron chi connectivity index (χ2n) is 7.65. The number of ketones is 1. The molecule has 26 heavy (non-hydrogen) atoms. The summed E-state index contributed by atoms with van der Waals surface area (Å²) in [6, 6.07) is 5.02. The van der Waals surface area contributed by atoms with Gasteiger partial charge < -0.3 is 16.0 Å². The molecule has 0 aliphatic carbocycles. The van der Waals surface area contributed by atoms with E-state index in [9.17, 15) is 14.4 Å². The first kappa shape index (κ1) is 18.6. The van der Waals surface area contributed by atoms with Crippen LogP contribution >= 0.6 is 0 Å². The van der Waals surface area contributed by atoms with Crippen LogP contribution in [0.1, 0.15) is 49.0 Å². The summed E-state index contributed by atoms with van der Waals surface area (Å²) in [5, 5.41) is 2.80. The maximum absolute atomic E-state index is 12.6. The number of Topliss-reactive ketones (excluding diaryl/α,β-unsaturated/α-hetero) is 1. The van der Waals surface area contributed by atoms with Crippen LogP contribution in [0.3, 0.4) is 0 Å². The monoisotopic (exact) mass is 357 g/mol. The van der Waals surface area contributed by atoms with Crippen molar-refractivity contribution in [2.75, 3.05) is 18.4 Å². The Morgan fingerprint density at radius 1 is 1.27 bits per heavy atom. The summed E-state index contributed by atoms with van der Waals surface area (Å²) in [6.45, 7) is 5.26. The molecule has 1 saturated heterocycles. The zero-order valence-electron chi connectivity index (χ0n) is 15.5. The molecule has 1 aromatic carbocycles. The summed E-state index contributed by atoms with van der Waals surface area (Å²) in [5.74, 6) is 0.789. The fourth-order valence-electron chi connectivity index (χ4n) is 3.94. The first-order valence-electron chi connectivity index (χ1n) is 9.35. The predicted molar refractivity (Wildman–Crippen MR) is 99.8 cm³/mol. The van der Waals surface area contributed by atoms with Gasteiger partial charge in [0, 0.05) is 30.8 Å². The van der Waals surface area contributed by atoms with E-state index in [4.69, 9.17) is 5.73 Å². The van der Waals surface area contributed by atoms with E-state index in [0.29, 0.717) is 37.4 Å². The van der Waals surface area contributed by atoms with E-state index in [1.807, 2.05) is 17.0 Å². The minimum absolute atomic E-state index is 0.00682. The van der Waals surface area contributed by atoms with Crippen molar-refractivity contribution in [3.05, 3.63) is 29.3 Å². The molecule has 2 amide bonds. The average Bonchev–Trinajstić information content (AvgIpc) is 3.00. The fraction of sp³-hybridized carbons (Fsp3) is 0.550. The van der Waals surface area contributed by atoms with Gasteiger partial charge in [-0.15, -0.1) is 0 Å². The van der Waals surface area contributed by atoms with Crippen molar-refractivity contribution in [1.82, 2.24) is 4.90 Å². The summed E-state index contributed by atoms with van der Waals surface area (Å²) in [4.78, 5) is 37.9. The number of carbonyl (C=O) groups excluding carboxylic acids is 3. The van der Waals surface area contributed by atoms with Crippen LogP contribution in [0, 0.1) is 11.8 Å². The van der Waals surface area contributed by atoms with E-state index in [-0.39, 0.29) is 23.5 Å². The lowest BCUT2D eigenvalue weighted by molar-refractivity contribution is -0.133. The minimum Gasteiger partial charge on any atom is -0.341 e. The number of amides is 2. The van der Waals surface area contributed by atoms with Gasteiger partial charge in [0.2, 0.25) is 11.8 Å². The molecule has 0 bridgehead atoms. The van der Waals surface area contributed by atoms with Crippen molar-refractivity contribution in [1.29, 1.82) is 0 Å². The van der Waals surface area contributed by atoms with Crippen molar-refractivity contribution < 1.29 is 14.4 Å². The third-order valence-electron chi connectivity index (χ3n) is 5.61.